The van der Waals surface area contributed by atoms with Crippen molar-refractivity contribution >= 4 is 29.5 Å². The van der Waals surface area contributed by atoms with Crippen LogP contribution in [0.3, 0.4) is 0 Å². The first kappa shape index (κ1) is 21.9. The molecule has 0 atom stereocenters. The lowest BCUT2D eigenvalue weighted by molar-refractivity contribution is 0.464. The average molecular weight is 435 g/mol. The number of aliphatic imine (C=N–C) groups is 1. The van der Waals surface area contributed by atoms with Gasteiger partial charge in [0.2, 0.25) is 5.88 Å². The van der Waals surface area contributed by atoms with Gasteiger partial charge in [0.05, 0.1) is 16.8 Å². The zero-order valence-corrected chi connectivity index (χ0v) is 18.2. The van der Waals surface area contributed by atoms with Crippen LogP contribution in [0.15, 0.2) is 52.5 Å². The highest BCUT2D eigenvalue weighted by Crippen LogP contribution is 2.38. The average Bonchev–Trinajstić information content (AvgIpc) is 2.79. The van der Waals surface area contributed by atoms with Crippen LogP contribution < -0.4 is 20.8 Å². The van der Waals surface area contributed by atoms with E-state index < -0.39 is 0 Å². The summed E-state index contributed by atoms with van der Waals surface area (Å²) in [5.41, 5.74) is 9.39. The highest BCUT2D eigenvalue weighted by atomic mass is 32.2. The highest BCUT2D eigenvalue weighted by molar-refractivity contribution is 8.00. The van der Waals surface area contributed by atoms with Crippen LogP contribution in [-0.4, -0.2) is 28.6 Å². The minimum absolute atomic E-state index is 0.237. The molecule has 3 rings (SSSR count). The van der Waals surface area contributed by atoms with Gasteiger partial charge in [-0.15, -0.1) is 0 Å². The molecular formula is C22H22N6O2S. The third-order valence-corrected chi connectivity index (χ3v) is 5.06. The molecule has 0 aliphatic carbocycles. The second-order valence-electron chi connectivity index (χ2n) is 6.52. The molecule has 2 heterocycles. The number of pyridine rings is 2. The van der Waals surface area contributed by atoms with E-state index in [4.69, 9.17) is 15.7 Å². The summed E-state index contributed by atoms with van der Waals surface area (Å²) in [5.74, 6) is 1.73. The fourth-order valence-corrected chi connectivity index (χ4v) is 3.35. The predicted octanol–water partition coefficient (Wildman–Crippen LogP) is 3.82. The number of hydrogen-bond acceptors (Lipinski definition) is 8. The van der Waals surface area contributed by atoms with Crippen molar-refractivity contribution in [1.82, 2.24) is 9.55 Å². The molecule has 0 fully saturated rings. The Labute approximate surface area is 184 Å². The summed E-state index contributed by atoms with van der Waals surface area (Å²) in [7, 11) is 3.25. The van der Waals surface area contributed by atoms with E-state index in [9.17, 15) is 4.79 Å². The number of anilines is 2. The van der Waals surface area contributed by atoms with Gasteiger partial charge >= 0.3 is 0 Å². The second-order valence-corrected chi connectivity index (χ2v) is 7.59. The number of aromatic nitrogens is 2. The summed E-state index contributed by atoms with van der Waals surface area (Å²) in [6, 6.07) is 10.9. The molecule has 0 aliphatic heterocycles. The smallest absolute Gasteiger partial charge is 0.261 e. The Kier molecular flexibility index (Phi) is 6.95. The van der Waals surface area contributed by atoms with E-state index in [-0.39, 0.29) is 5.56 Å². The minimum atomic E-state index is -0.237. The summed E-state index contributed by atoms with van der Waals surface area (Å²) in [6.45, 7) is 2.05. The molecule has 0 unspecified atom stereocenters. The van der Waals surface area contributed by atoms with Crippen LogP contribution in [0, 0.1) is 11.3 Å². The number of nitrogen functional groups attached to an aromatic ring is 1. The summed E-state index contributed by atoms with van der Waals surface area (Å²) in [5, 5.41) is 8.97. The number of nitrogens with one attached hydrogen (secondary N) is 1. The van der Waals surface area contributed by atoms with E-state index in [2.05, 4.69) is 14.7 Å². The molecule has 2 aromatic heterocycles. The van der Waals surface area contributed by atoms with Gasteiger partial charge in [-0.3, -0.25) is 9.79 Å². The Balaban J connectivity index is 2.16. The van der Waals surface area contributed by atoms with E-state index in [1.54, 1.807) is 44.4 Å². The lowest BCUT2D eigenvalue weighted by Gasteiger charge is -2.16. The quantitative estimate of drug-likeness (QED) is 0.428. The largest absolute Gasteiger partial charge is 0.438 e. The van der Waals surface area contributed by atoms with Crippen molar-refractivity contribution < 1.29 is 4.74 Å². The highest BCUT2D eigenvalue weighted by Gasteiger charge is 2.17. The van der Waals surface area contributed by atoms with Crippen molar-refractivity contribution in [3.05, 3.63) is 64.2 Å². The van der Waals surface area contributed by atoms with Crippen molar-refractivity contribution in [2.75, 3.05) is 23.3 Å². The number of hydrogen-bond donors (Lipinski definition) is 2. The van der Waals surface area contributed by atoms with Gasteiger partial charge in [0.15, 0.2) is 0 Å². The van der Waals surface area contributed by atoms with Gasteiger partial charge in [-0.25, -0.2) is 4.98 Å². The molecule has 0 bridgehead atoms. The molecule has 0 saturated heterocycles. The zero-order chi connectivity index (χ0) is 22.4. The second kappa shape index (κ2) is 9.82. The molecule has 8 nitrogen and oxygen atoms in total. The van der Waals surface area contributed by atoms with E-state index in [0.29, 0.717) is 39.6 Å². The number of rotatable bonds is 7. The van der Waals surface area contributed by atoms with Gasteiger partial charge in [-0.05, 0) is 24.3 Å². The minimum Gasteiger partial charge on any atom is -0.438 e. The van der Waals surface area contributed by atoms with Crippen LogP contribution in [0.5, 0.6) is 11.6 Å². The molecule has 0 amide bonds. The molecule has 1 aromatic carbocycles. The number of nitrogens with zero attached hydrogens (tertiary/aromatic N) is 4. The first-order chi connectivity index (χ1) is 15.0. The number of ether oxygens (including phenoxy) is 1. The molecular weight excluding hydrogens is 412 g/mol. The Bertz CT molecular complexity index is 1210. The molecule has 0 radical (unpaired) electrons. The predicted molar refractivity (Wildman–Crippen MR) is 126 cm³/mol. The first-order valence-electron chi connectivity index (χ1n) is 9.46. The van der Waals surface area contributed by atoms with Crippen molar-refractivity contribution in [1.29, 1.82) is 5.26 Å². The molecule has 9 heteroatoms. The van der Waals surface area contributed by atoms with Crippen molar-refractivity contribution in [3.63, 3.8) is 0 Å². The maximum atomic E-state index is 12.5. The third kappa shape index (κ3) is 4.87. The van der Waals surface area contributed by atoms with Crippen LogP contribution >= 0.6 is 11.9 Å². The maximum absolute atomic E-state index is 12.5. The van der Waals surface area contributed by atoms with Gasteiger partial charge in [0.1, 0.15) is 11.8 Å². The Hall–Kier alpha value is -3.77. The summed E-state index contributed by atoms with van der Waals surface area (Å²) >= 11 is 1.56. The topological polar surface area (TPSA) is 118 Å². The van der Waals surface area contributed by atoms with Crippen LogP contribution in [0.4, 0.5) is 11.4 Å². The zero-order valence-electron chi connectivity index (χ0n) is 17.4. The maximum Gasteiger partial charge on any atom is 0.261 e. The Morgan fingerprint density at radius 1 is 1.35 bits per heavy atom. The Morgan fingerprint density at radius 2 is 2.16 bits per heavy atom. The van der Waals surface area contributed by atoms with E-state index in [0.717, 1.165) is 11.4 Å². The molecule has 0 saturated carbocycles. The first-order valence-corrected chi connectivity index (χ1v) is 10.4. The molecule has 31 heavy (non-hydrogen) atoms. The van der Waals surface area contributed by atoms with Crippen molar-refractivity contribution in [2.24, 2.45) is 12.0 Å². The van der Waals surface area contributed by atoms with E-state index in [1.807, 2.05) is 31.2 Å². The van der Waals surface area contributed by atoms with Crippen LogP contribution in [0.2, 0.25) is 0 Å². The molecule has 3 aromatic rings. The van der Waals surface area contributed by atoms with Gasteiger partial charge < -0.3 is 19.8 Å². The number of benzene rings is 1. The summed E-state index contributed by atoms with van der Waals surface area (Å²) in [6.07, 6.45) is 4.58. The standard InChI is InChI=1S/C22H22N6O2S/c1-4-31-27-15-6-7-19(30-20-8-5-14(10-23)11-26-20)16(9-15)18-13-28(3)22(29)17(12-25-2)21(18)24/h5-9,11-13,27H,4,24H2,1-3H3. The summed E-state index contributed by atoms with van der Waals surface area (Å²) in [4.78, 5) is 20.7. The number of aryl methyl sites for hydroxylation is 1. The molecule has 0 spiro atoms. The van der Waals surface area contributed by atoms with Gasteiger partial charge in [0, 0.05) is 61.3 Å². The monoisotopic (exact) mass is 434 g/mol. The number of nitriles is 1. The molecule has 3 N–H and O–H groups in total. The molecule has 158 valence electrons. The van der Waals surface area contributed by atoms with Gasteiger partial charge in [-0.2, -0.15) is 5.26 Å². The number of nitrogens with two attached hydrogens (primary N) is 1. The van der Waals surface area contributed by atoms with Gasteiger partial charge in [0.25, 0.3) is 5.56 Å². The van der Waals surface area contributed by atoms with Crippen LogP contribution in [0.25, 0.3) is 11.1 Å². The molecule has 0 aliphatic rings. The van der Waals surface area contributed by atoms with Crippen LogP contribution in [-0.2, 0) is 7.05 Å². The summed E-state index contributed by atoms with van der Waals surface area (Å²) < 4.78 is 10.8. The van der Waals surface area contributed by atoms with Crippen LogP contribution in [0.1, 0.15) is 18.1 Å². The Morgan fingerprint density at radius 3 is 2.81 bits per heavy atom. The fraction of sp³-hybridized carbons (Fsp3) is 0.182. The SMILES string of the molecule is CCSNc1ccc(Oc2ccc(C#N)cn2)c(-c2cn(C)c(=O)c(C=NC)c2N)c1. The van der Waals surface area contributed by atoms with Gasteiger partial charge in [-0.1, -0.05) is 18.9 Å². The third-order valence-electron chi connectivity index (χ3n) is 4.40. The van der Waals surface area contributed by atoms with Crippen molar-refractivity contribution in [3.8, 4) is 28.8 Å². The van der Waals surface area contributed by atoms with E-state index >= 15 is 0 Å². The lowest BCUT2D eigenvalue weighted by Crippen LogP contribution is -2.23. The fourth-order valence-electron chi connectivity index (χ4n) is 2.91. The lowest BCUT2D eigenvalue weighted by atomic mass is 10.0. The van der Waals surface area contributed by atoms with Crippen molar-refractivity contribution in [2.45, 2.75) is 6.92 Å². The normalized spacial score (nSPS) is 10.8. The van der Waals surface area contributed by atoms with E-state index in [1.165, 1.54) is 17.0 Å².